The first-order chi connectivity index (χ1) is 17.9. The predicted molar refractivity (Wildman–Crippen MR) is 148 cm³/mol. The van der Waals surface area contributed by atoms with Crippen molar-refractivity contribution in [2.24, 2.45) is 4.99 Å². The maximum absolute atomic E-state index is 13.6. The molecule has 0 spiro atoms. The maximum Gasteiger partial charge on any atom is 0.243 e. The zero-order valence-electron chi connectivity index (χ0n) is 21.0. The average Bonchev–Trinajstić information content (AvgIpc) is 3.30. The van der Waals surface area contributed by atoms with Crippen LogP contribution in [0.2, 0.25) is 0 Å². The minimum absolute atomic E-state index is 0.138. The minimum Gasteiger partial charge on any atom is -0.373 e. The Bertz CT molecular complexity index is 1500. The van der Waals surface area contributed by atoms with E-state index in [4.69, 9.17) is 9.73 Å². The summed E-state index contributed by atoms with van der Waals surface area (Å²) in [5.41, 5.74) is 3.94. The van der Waals surface area contributed by atoms with Crippen LogP contribution in [-0.4, -0.2) is 42.6 Å². The second-order valence-corrected chi connectivity index (χ2v) is 12.1. The number of aromatic nitrogens is 1. The van der Waals surface area contributed by atoms with E-state index in [1.54, 1.807) is 23.5 Å². The van der Waals surface area contributed by atoms with Gasteiger partial charge in [-0.3, -0.25) is 0 Å². The standard InChI is InChI=1S/C29H31N3O3S2/c1-22-19-31(20-23(2)35-22)37(33,34)27-15-9-12-25(18-27)28-21-36-29(30-26-13-7-4-8-14-26)32(28)17-16-24-10-5-3-6-11-24/h3-15,18,21-23H,16-17,19-20H2,1-2H3/t22-,23-/m1/s1. The Morgan fingerprint density at radius 1 is 0.919 bits per heavy atom. The lowest BCUT2D eigenvalue weighted by Crippen LogP contribution is -2.48. The summed E-state index contributed by atoms with van der Waals surface area (Å²) in [5, 5.41) is 2.07. The molecular weight excluding hydrogens is 502 g/mol. The zero-order chi connectivity index (χ0) is 25.8. The number of para-hydroxylation sites is 1. The highest BCUT2D eigenvalue weighted by atomic mass is 32.2. The SMILES string of the molecule is C[C@@H]1CN(S(=O)(=O)c2cccc(-c3csc(=Nc4ccccc4)n3CCc3ccccc3)c2)C[C@@H](C)O1. The Balaban J connectivity index is 1.53. The maximum atomic E-state index is 13.6. The van der Waals surface area contributed by atoms with Gasteiger partial charge in [0.2, 0.25) is 10.0 Å². The van der Waals surface area contributed by atoms with Crippen LogP contribution < -0.4 is 4.80 Å². The van der Waals surface area contributed by atoms with Gasteiger partial charge in [0.1, 0.15) is 0 Å². The second kappa shape index (κ2) is 11.1. The van der Waals surface area contributed by atoms with E-state index in [1.807, 2.05) is 74.5 Å². The first-order valence-electron chi connectivity index (χ1n) is 12.5. The summed E-state index contributed by atoms with van der Waals surface area (Å²) in [4.78, 5) is 6.08. The lowest BCUT2D eigenvalue weighted by Gasteiger charge is -2.34. The van der Waals surface area contributed by atoms with Crippen LogP contribution in [0.4, 0.5) is 5.69 Å². The third-order valence-electron chi connectivity index (χ3n) is 6.40. The van der Waals surface area contributed by atoms with Gasteiger partial charge >= 0.3 is 0 Å². The second-order valence-electron chi connectivity index (χ2n) is 9.35. The monoisotopic (exact) mass is 533 g/mol. The molecule has 0 saturated carbocycles. The molecule has 5 rings (SSSR count). The van der Waals surface area contributed by atoms with Crippen molar-refractivity contribution in [3.63, 3.8) is 0 Å². The van der Waals surface area contributed by atoms with Crippen molar-refractivity contribution in [3.8, 4) is 11.3 Å². The number of thiazole rings is 1. The van der Waals surface area contributed by atoms with Crippen molar-refractivity contribution in [2.75, 3.05) is 13.1 Å². The van der Waals surface area contributed by atoms with Crippen molar-refractivity contribution in [2.45, 2.75) is 43.9 Å². The normalized spacial score (nSPS) is 19.2. The van der Waals surface area contributed by atoms with Gasteiger partial charge < -0.3 is 9.30 Å². The molecule has 0 N–H and O–H groups in total. The summed E-state index contributed by atoms with van der Waals surface area (Å²) in [5.74, 6) is 0. The van der Waals surface area contributed by atoms with Gasteiger partial charge in [0.25, 0.3) is 0 Å². The van der Waals surface area contributed by atoms with Gasteiger partial charge in [-0.1, -0.05) is 60.7 Å². The molecule has 0 amide bonds. The number of sulfonamides is 1. The molecule has 1 aliphatic rings. The van der Waals surface area contributed by atoms with Crippen LogP contribution in [0.1, 0.15) is 19.4 Å². The quantitative estimate of drug-likeness (QED) is 0.316. The lowest BCUT2D eigenvalue weighted by molar-refractivity contribution is -0.0440. The highest BCUT2D eigenvalue weighted by molar-refractivity contribution is 7.89. The van der Waals surface area contributed by atoms with E-state index in [1.165, 1.54) is 9.87 Å². The smallest absolute Gasteiger partial charge is 0.243 e. The number of morpholine rings is 1. The molecule has 3 aromatic carbocycles. The van der Waals surface area contributed by atoms with E-state index in [9.17, 15) is 8.42 Å². The van der Waals surface area contributed by atoms with Crippen LogP contribution in [0, 0.1) is 0 Å². The molecule has 6 nitrogen and oxygen atoms in total. The van der Waals surface area contributed by atoms with Crippen molar-refractivity contribution < 1.29 is 13.2 Å². The van der Waals surface area contributed by atoms with Crippen LogP contribution in [0.5, 0.6) is 0 Å². The van der Waals surface area contributed by atoms with Crippen molar-refractivity contribution >= 4 is 27.0 Å². The summed E-state index contributed by atoms with van der Waals surface area (Å²) in [6.07, 6.45) is 0.565. The summed E-state index contributed by atoms with van der Waals surface area (Å²) in [6.45, 7) is 5.25. The Morgan fingerprint density at radius 3 is 2.30 bits per heavy atom. The molecule has 192 valence electrons. The molecule has 0 bridgehead atoms. The average molecular weight is 534 g/mol. The summed E-state index contributed by atoms with van der Waals surface area (Å²) in [6, 6.07) is 27.5. The molecule has 0 unspecified atom stereocenters. The van der Waals surface area contributed by atoms with E-state index in [2.05, 4.69) is 22.1 Å². The van der Waals surface area contributed by atoms with E-state index in [0.717, 1.165) is 34.7 Å². The van der Waals surface area contributed by atoms with Gasteiger partial charge in [-0.05, 0) is 50.1 Å². The van der Waals surface area contributed by atoms with Crippen LogP contribution >= 0.6 is 11.3 Å². The summed E-state index contributed by atoms with van der Waals surface area (Å²) in [7, 11) is -3.64. The van der Waals surface area contributed by atoms with Gasteiger partial charge in [0.05, 0.1) is 28.5 Å². The number of aryl methyl sites for hydroxylation is 1. The highest BCUT2D eigenvalue weighted by Gasteiger charge is 2.32. The van der Waals surface area contributed by atoms with Gasteiger partial charge in [0, 0.05) is 30.6 Å². The van der Waals surface area contributed by atoms with Crippen LogP contribution in [0.15, 0.2) is 100 Å². The van der Waals surface area contributed by atoms with E-state index in [-0.39, 0.29) is 12.2 Å². The molecular formula is C29H31N3O3S2. The number of rotatable bonds is 7. The Labute approximate surface area is 222 Å². The van der Waals surface area contributed by atoms with Gasteiger partial charge in [-0.25, -0.2) is 13.4 Å². The molecule has 8 heteroatoms. The third kappa shape index (κ3) is 5.93. The molecule has 1 fully saturated rings. The fourth-order valence-electron chi connectivity index (χ4n) is 4.66. The van der Waals surface area contributed by atoms with Crippen molar-refractivity contribution in [1.29, 1.82) is 0 Å². The largest absolute Gasteiger partial charge is 0.373 e. The Kier molecular flexibility index (Phi) is 7.71. The van der Waals surface area contributed by atoms with Gasteiger partial charge in [-0.2, -0.15) is 4.31 Å². The van der Waals surface area contributed by atoms with E-state index in [0.29, 0.717) is 18.0 Å². The minimum atomic E-state index is -3.64. The lowest BCUT2D eigenvalue weighted by atomic mass is 10.1. The number of hydrogen-bond donors (Lipinski definition) is 0. The molecule has 1 saturated heterocycles. The fourth-order valence-corrected chi connectivity index (χ4v) is 7.25. The third-order valence-corrected chi connectivity index (χ3v) is 9.09. The zero-order valence-corrected chi connectivity index (χ0v) is 22.7. The van der Waals surface area contributed by atoms with Crippen LogP contribution in [-0.2, 0) is 27.7 Å². The summed E-state index contributed by atoms with van der Waals surface area (Å²) < 4.78 is 36.6. The predicted octanol–water partition coefficient (Wildman–Crippen LogP) is 5.49. The number of hydrogen-bond acceptors (Lipinski definition) is 5. The Morgan fingerprint density at radius 2 is 1.59 bits per heavy atom. The molecule has 2 atom stereocenters. The number of benzene rings is 3. The molecule has 4 aromatic rings. The Hall–Kier alpha value is -3.04. The number of nitrogens with zero attached hydrogens (tertiary/aromatic N) is 3. The van der Waals surface area contributed by atoms with Crippen LogP contribution in [0.25, 0.3) is 11.3 Å². The molecule has 1 aliphatic heterocycles. The highest BCUT2D eigenvalue weighted by Crippen LogP contribution is 2.27. The fraction of sp³-hybridized carbons (Fsp3) is 0.276. The molecule has 0 aliphatic carbocycles. The van der Waals surface area contributed by atoms with Crippen LogP contribution in [0.3, 0.4) is 0 Å². The van der Waals surface area contributed by atoms with Gasteiger partial charge in [0.15, 0.2) is 4.80 Å². The molecule has 0 radical (unpaired) electrons. The van der Waals surface area contributed by atoms with Crippen molar-refractivity contribution in [3.05, 3.63) is 101 Å². The molecule has 1 aromatic heterocycles. The number of ether oxygens (including phenoxy) is 1. The van der Waals surface area contributed by atoms with E-state index < -0.39 is 10.0 Å². The topological polar surface area (TPSA) is 63.9 Å². The van der Waals surface area contributed by atoms with Crippen molar-refractivity contribution in [1.82, 2.24) is 8.87 Å². The molecule has 37 heavy (non-hydrogen) atoms. The first kappa shape index (κ1) is 25.6. The van der Waals surface area contributed by atoms with E-state index >= 15 is 0 Å². The van der Waals surface area contributed by atoms with Gasteiger partial charge in [-0.15, -0.1) is 11.3 Å². The molecule has 2 heterocycles. The summed E-state index contributed by atoms with van der Waals surface area (Å²) >= 11 is 1.56. The first-order valence-corrected chi connectivity index (χ1v) is 14.8.